The van der Waals surface area contributed by atoms with Crippen LogP contribution in [0.5, 0.6) is 0 Å². The molecule has 20 heavy (non-hydrogen) atoms. The highest BCUT2D eigenvalue weighted by Crippen LogP contribution is 2.20. The van der Waals surface area contributed by atoms with Gasteiger partial charge in [-0.25, -0.2) is 4.79 Å². The smallest absolute Gasteiger partial charge is 0.333 e. The van der Waals surface area contributed by atoms with E-state index in [4.69, 9.17) is 14.2 Å². The molecule has 0 N–H and O–H groups in total. The van der Waals surface area contributed by atoms with E-state index in [1.807, 2.05) is 0 Å². The van der Waals surface area contributed by atoms with Crippen LogP contribution >= 0.6 is 0 Å². The summed E-state index contributed by atoms with van der Waals surface area (Å²) in [5, 5.41) is 0. The van der Waals surface area contributed by atoms with Gasteiger partial charge in [-0.1, -0.05) is 45.5 Å². The average molecular weight is 302 g/mol. The number of carbonyl (C=O) groups is 1. The van der Waals surface area contributed by atoms with Crippen molar-refractivity contribution in [1.29, 1.82) is 0 Å². The van der Waals surface area contributed by atoms with E-state index < -0.39 is 8.07 Å². The Kier molecular flexibility index (Phi) is 10.7. The average Bonchev–Trinajstić information content (AvgIpc) is 2.46. The molecule has 0 amide bonds. The Hall–Kier alpha value is -0.653. The zero-order valence-corrected chi connectivity index (χ0v) is 14.5. The van der Waals surface area contributed by atoms with Gasteiger partial charge in [0.25, 0.3) is 0 Å². The van der Waals surface area contributed by atoms with E-state index in [9.17, 15) is 4.79 Å². The predicted octanol–water partition coefficient (Wildman–Crippen LogP) is 3.19. The minimum atomic E-state index is -1.18. The predicted molar refractivity (Wildman–Crippen MR) is 84.6 cm³/mol. The van der Waals surface area contributed by atoms with Crippen LogP contribution in [0.2, 0.25) is 18.1 Å². The third-order valence-electron chi connectivity index (χ3n) is 3.84. The first-order valence-electron chi connectivity index (χ1n) is 7.49. The monoisotopic (exact) mass is 302 g/mol. The van der Waals surface area contributed by atoms with Crippen molar-refractivity contribution in [2.24, 2.45) is 0 Å². The summed E-state index contributed by atoms with van der Waals surface area (Å²) >= 11 is 0. The minimum absolute atomic E-state index is 0.267. The molecule has 0 aliphatic carbocycles. The third kappa shape index (κ3) is 7.82. The molecule has 0 heterocycles. The molecule has 5 heteroatoms. The second-order valence-corrected chi connectivity index (χ2v) is 10.6. The molecule has 0 atom stereocenters. The lowest BCUT2D eigenvalue weighted by molar-refractivity contribution is -0.140. The van der Waals surface area contributed by atoms with Crippen molar-refractivity contribution in [3.63, 3.8) is 0 Å². The molecule has 0 saturated heterocycles. The molecule has 0 unspecified atom stereocenters. The standard InChI is InChI=1S/C15H30O4Si/c1-6-20(7-2,8-3)13-18-10-9-17-11-12-19-15(16)14(4)5/h4,6-13H2,1-3,5H3. The van der Waals surface area contributed by atoms with Gasteiger partial charge in [0.2, 0.25) is 0 Å². The molecule has 0 bridgehead atoms. The molecular weight excluding hydrogens is 272 g/mol. The summed E-state index contributed by atoms with van der Waals surface area (Å²) in [6.07, 6.45) is 0.921. The fourth-order valence-electron chi connectivity index (χ4n) is 1.88. The van der Waals surface area contributed by atoms with Crippen molar-refractivity contribution in [3.8, 4) is 0 Å². The number of hydrogen-bond acceptors (Lipinski definition) is 4. The van der Waals surface area contributed by atoms with Gasteiger partial charge in [0, 0.05) is 11.8 Å². The van der Waals surface area contributed by atoms with Gasteiger partial charge < -0.3 is 14.2 Å². The number of hydrogen-bond donors (Lipinski definition) is 0. The van der Waals surface area contributed by atoms with E-state index in [2.05, 4.69) is 27.4 Å². The summed E-state index contributed by atoms with van der Waals surface area (Å²) in [4.78, 5) is 11.1. The number of carbonyl (C=O) groups excluding carboxylic acids is 1. The van der Waals surface area contributed by atoms with Gasteiger partial charge in [0.15, 0.2) is 0 Å². The van der Waals surface area contributed by atoms with Gasteiger partial charge >= 0.3 is 5.97 Å². The Morgan fingerprint density at radius 1 is 0.950 bits per heavy atom. The van der Waals surface area contributed by atoms with Gasteiger partial charge in [-0.05, 0) is 6.92 Å². The fourth-order valence-corrected chi connectivity index (χ4v) is 4.57. The Morgan fingerprint density at radius 3 is 1.95 bits per heavy atom. The molecule has 0 aromatic heterocycles. The van der Waals surface area contributed by atoms with Crippen molar-refractivity contribution in [3.05, 3.63) is 12.2 Å². The van der Waals surface area contributed by atoms with Crippen LogP contribution in [-0.4, -0.2) is 46.7 Å². The summed E-state index contributed by atoms with van der Waals surface area (Å²) in [5.74, 6) is -0.366. The maximum absolute atomic E-state index is 11.1. The van der Waals surface area contributed by atoms with Crippen LogP contribution in [0, 0.1) is 0 Å². The normalized spacial score (nSPS) is 11.4. The lowest BCUT2D eigenvalue weighted by atomic mass is 10.4. The molecule has 4 nitrogen and oxygen atoms in total. The maximum atomic E-state index is 11.1. The summed E-state index contributed by atoms with van der Waals surface area (Å²) in [6, 6.07) is 3.83. The number of ether oxygens (including phenoxy) is 3. The summed E-state index contributed by atoms with van der Waals surface area (Å²) < 4.78 is 16.0. The van der Waals surface area contributed by atoms with E-state index in [1.165, 1.54) is 18.1 Å². The Bertz CT molecular complexity index is 279. The molecular formula is C15H30O4Si. The Morgan fingerprint density at radius 2 is 1.45 bits per heavy atom. The highest BCUT2D eigenvalue weighted by Gasteiger charge is 2.26. The van der Waals surface area contributed by atoms with Crippen molar-refractivity contribution in [1.82, 2.24) is 0 Å². The summed E-state index contributed by atoms with van der Waals surface area (Å²) in [7, 11) is -1.18. The van der Waals surface area contributed by atoms with E-state index in [0.29, 0.717) is 25.4 Å². The molecule has 0 aliphatic rings. The molecule has 0 fully saturated rings. The number of esters is 1. The molecule has 0 spiro atoms. The number of rotatable bonds is 12. The molecule has 0 rings (SSSR count). The summed E-state index contributed by atoms with van der Waals surface area (Å²) in [5.41, 5.74) is 0.410. The first-order valence-corrected chi connectivity index (χ1v) is 10.3. The first kappa shape index (κ1) is 19.3. The highest BCUT2D eigenvalue weighted by atomic mass is 28.3. The zero-order chi connectivity index (χ0) is 15.4. The van der Waals surface area contributed by atoms with Gasteiger partial charge in [0.1, 0.15) is 6.61 Å². The van der Waals surface area contributed by atoms with E-state index >= 15 is 0 Å². The van der Waals surface area contributed by atoms with Crippen LogP contribution in [0.3, 0.4) is 0 Å². The maximum Gasteiger partial charge on any atom is 0.333 e. The van der Waals surface area contributed by atoms with Gasteiger partial charge in [-0.2, -0.15) is 0 Å². The molecule has 0 radical (unpaired) electrons. The lowest BCUT2D eigenvalue weighted by Crippen LogP contribution is -2.38. The van der Waals surface area contributed by atoms with Crippen molar-refractivity contribution >= 4 is 14.0 Å². The van der Waals surface area contributed by atoms with Crippen LogP contribution in [0.4, 0.5) is 0 Å². The van der Waals surface area contributed by atoms with Crippen LogP contribution in [0.15, 0.2) is 12.2 Å². The second-order valence-electron chi connectivity index (χ2n) is 5.14. The Balaban J connectivity index is 3.54. The molecule has 0 aromatic rings. The lowest BCUT2D eigenvalue weighted by Gasteiger charge is -2.27. The van der Waals surface area contributed by atoms with E-state index in [-0.39, 0.29) is 12.6 Å². The zero-order valence-electron chi connectivity index (χ0n) is 13.5. The van der Waals surface area contributed by atoms with Crippen molar-refractivity contribution < 1.29 is 19.0 Å². The van der Waals surface area contributed by atoms with Crippen LogP contribution in [0.1, 0.15) is 27.7 Å². The van der Waals surface area contributed by atoms with Crippen LogP contribution < -0.4 is 0 Å². The SMILES string of the molecule is C=C(C)C(=O)OCCOCCOC[Si](CC)(CC)CC. The Labute approximate surface area is 124 Å². The molecule has 0 saturated carbocycles. The largest absolute Gasteiger partial charge is 0.460 e. The third-order valence-corrected chi connectivity index (χ3v) is 9.16. The van der Waals surface area contributed by atoms with Gasteiger partial charge in [-0.15, -0.1) is 0 Å². The highest BCUT2D eigenvalue weighted by molar-refractivity contribution is 6.79. The topological polar surface area (TPSA) is 44.8 Å². The molecule has 0 aromatic carbocycles. The summed E-state index contributed by atoms with van der Waals surface area (Å²) in [6.45, 7) is 13.8. The first-order chi connectivity index (χ1) is 9.51. The van der Waals surface area contributed by atoms with Gasteiger partial charge in [0.05, 0.1) is 27.9 Å². The van der Waals surface area contributed by atoms with E-state index in [1.54, 1.807) is 6.92 Å². The second kappa shape index (κ2) is 11.1. The quantitative estimate of drug-likeness (QED) is 0.240. The minimum Gasteiger partial charge on any atom is -0.460 e. The van der Waals surface area contributed by atoms with Crippen LogP contribution in [-0.2, 0) is 19.0 Å². The van der Waals surface area contributed by atoms with E-state index in [0.717, 1.165) is 6.23 Å². The van der Waals surface area contributed by atoms with Gasteiger partial charge in [-0.3, -0.25) is 0 Å². The van der Waals surface area contributed by atoms with Crippen molar-refractivity contribution in [2.45, 2.75) is 45.8 Å². The molecule has 0 aliphatic heterocycles. The van der Waals surface area contributed by atoms with Crippen LogP contribution in [0.25, 0.3) is 0 Å². The fraction of sp³-hybridized carbons (Fsp3) is 0.800. The molecule has 118 valence electrons. The van der Waals surface area contributed by atoms with Crippen molar-refractivity contribution in [2.75, 3.05) is 32.7 Å².